The molecule has 0 aliphatic heterocycles. The van der Waals surface area contributed by atoms with Crippen LogP contribution in [-0.2, 0) is 4.79 Å². The first-order chi connectivity index (χ1) is 9.35. The first-order valence-electron chi connectivity index (χ1n) is 5.93. The van der Waals surface area contributed by atoms with Gasteiger partial charge in [0.25, 0.3) is 0 Å². The normalized spacial score (nSPS) is 10.0. The molecule has 2 N–H and O–H groups in total. The van der Waals surface area contributed by atoms with Crippen molar-refractivity contribution in [2.75, 3.05) is 26.0 Å². The number of aryl methyl sites for hydroxylation is 1. The van der Waals surface area contributed by atoms with Gasteiger partial charge in [-0.2, -0.15) is 0 Å². The Kier molecular flexibility index (Phi) is 5.64. The van der Waals surface area contributed by atoms with Crippen molar-refractivity contribution in [1.29, 1.82) is 0 Å². The summed E-state index contributed by atoms with van der Waals surface area (Å²) in [6.07, 6.45) is -0.110. The third kappa shape index (κ3) is 4.31. The average Bonchev–Trinajstić information content (AvgIpc) is 2.39. The molecule has 1 rings (SSSR count). The molecule has 0 spiro atoms. The molecule has 0 saturated carbocycles. The number of methoxy groups -OCH3 is 1. The number of urea groups is 1. The number of aliphatic carboxylic acids is 1. The van der Waals surface area contributed by atoms with Crippen LogP contribution in [0.25, 0.3) is 0 Å². The van der Waals surface area contributed by atoms with Gasteiger partial charge in [0, 0.05) is 24.7 Å². The summed E-state index contributed by atoms with van der Waals surface area (Å²) in [5.41, 5.74) is 1.29. The molecule has 20 heavy (non-hydrogen) atoms. The average molecular weight is 301 g/mol. The van der Waals surface area contributed by atoms with Crippen LogP contribution in [0.1, 0.15) is 12.0 Å². The van der Waals surface area contributed by atoms with E-state index in [4.69, 9.17) is 21.4 Å². The Labute approximate surface area is 122 Å². The van der Waals surface area contributed by atoms with Gasteiger partial charge < -0.3 is 20.1 Å². The number of hydrogen-bond acceptors (Lipinski definition) is 3. The van der Waals surface area contributed by atoms with Gasteiger partial charge in [-0.15, -0.1) is 0 Å². The summed E-state index contributed by atoms with van der Waals surface area (Å²) < 4.78 is 5.15. The zero-order chi connectivity index (χ0) is 15.3. The number of amides is 2. The van der Waals surface area contributed by atoms with E-state index in [1.165, 1.54) is 19.1 Å². The molecule has 0 radical (unpaired) electrons. The fourth-order valence-electron chi connectivity index (χ4n) is 1.51. The molecule has 6 nitrogen and oxygen atoms in total. The maximum atomic E-state index is 11.9. The van der Waals surface area contributed by atoms with Gasteiger partial charge in [-0.05, 0) is 18.6 Å². The third-order valence-corrected chi connectivity index (χ3v) is 3.14. The van der Waals surface area contributed by atoms with E-state index in [2.05, 4.69) is 5.32 Å². The van der Waals surface area contributed by atoms with Gasteiger partial charge >= 0.3 is 12.0 Å². The Morgan fingerprint density at radius 1 is 1.45 bits per heavy atom. The van der Waals surface area contributed by atoms with E-state index in [0.29, 0.717) is 16.5 Å². The van der Waals surface area contributed by atoms with Crippen molar-refractivity contribution < 1.29 is 19.4 Å². The Bertz CT molecular complexity index is 519. The summed E-state index contributed by atoms with van der Waals surface area (Å²) in [4.78, 5) is 23.7. The highest BCUT2D eigenvalue weighted by molar-refractivity contribution is 6.31. The maximum absolute atomic E-state index is 11.9. The van der Waals surface area contributed by atoms with Crippen LogP contribution < -0.4 is 10.1 Å². The number of halogens is 1. The molecular weight excluding hydrogens is 284 g/mol. The third-order valence-electron chi connectivity index (χ3n) is 2.73. The minimum absolute atomic E-state index is 0.110. The number of benzene rings is 1. The summed E-state index contributed by atoms with van der Waals surface area (Å²) in [7, 11) is 3.00. The topological polar surface area (TPSA) is 78.9 Å². The molecule has 0 heterocycles. The maximum Gasteiger partial charge on any atom is 0.321 e. The first-order valence-corrected chi connectivity index (χ1v) is 6.31. The molecule has 0 fully saturated rings. The number of ether oxygens (including phenoxy) is 1. The summed E-state index contributed by atoms with van der Waals surface area (Å²) in [5, 5.41) is 11.8. The predicted octanol–water partition coefficient (Wildman–Crippen LogP) is 2.60. The Morgan fingerprint density at radius 2 is 2.10 bits per heavy atom. The molecule has 0 aliphatic rings. The Balaban J connectivity index is 2.79. The van der Waals surface area contributed by atoms with Crippen molar-refractivity contribution in [3.8, 4) is 5.75 Å². The first kappa shape index (κ1) is 16.1. The molecule has 0 bridgehead atoms. The van der Waals surface area contributed by atoms with E-state index >= 15 is 0 Å². The van der Waals surface area contributed by atoms with Crippen LogP contribution in [0.3, 0.4) is 0 Å². The smallest absolute Gasteiger partial charge is 0.321 e. The fourth-order valence-corrected chi connectivity index (χ4v) is 1.66. The van der Waals surface area contributed by atoms with E-state index in [9.17, 15) is 9.59 Å². The highest BCUT2D eigenvalue weighted by Crippen LogP contribution is 2.31. The number of rotatable bonds is 5. The quantitative estimate of drug-likeness (QED) is 0.876. The van der Waals surface area contributed by atoms with Crippen LogP contribution >= 0.6 is 11.6 Å². The molecule has 0 unspecified atom stereocenters. The molecule has 1 aromatic rings. The van der Waals surface area contributed by atoms with Crippen LogP contribution in [0.15, 0.2) is 12.1 Å². The van der Waals surface area contributed by atoms with Crippen LogP contribution in [-0.4, -0.2) is 42.7 Å². The molecule has 1 aromatic carbocycles. The molecule has 2 amide bonds. The number of carboxylic acids is 1. The molecule has 0 aliphatic carbocycles. The fraction of sp³-hybridized carbons (Fsp3) is 0.385. The minimum atomic E-state index is -0.954. The second-order valence-electron chi connectivity index (χ2n) is 4.30. The number of carboxylic acid groups (broad SMARTS) is 1. The van der Waals surface area contributed by atoms with E-state index in [1.807, 2.05) is 6.92 Å². The van der Waals surface area contributed by atoms with Crippen LogP contribution in [0.4, 0.5) is 10.5 Å². The summed E-state index contributed by atoms with van der Waals surface area (Å²) in [6.45, 7) is 1.93. The highest BCUT2D eigenvalue weighted by atomic mass is 35.5. The van der Waals surface area contributed by atoms with E-state index in [-0.39, 0.29) is 13.0 Å². The zero-order valence-corrected chi connectivity index (χ0v) is 12.3. The molecule has 0 saturated heterocycles. The largest absolute Gasteiger partial charge is 0.495 e. The molecular formula is C13H17ClN2O4. The van der Waals surface area contributed by atoms with E-state index in [1.54, 1.807) is 12.1 Å². The molecule has 0 atom stereocenters. The minimum Gasteiger partial charge on any atom is -0.495 e. The zero-order valence-electron chi connectivity index (χ0n) is 11.6. The number of nitrogens with zero attached hydrogens (tertiary/aromatic N) is 1. The van der Waals surface area contributed by atoms with Gasteiger partial charge in [-0.3, -0.25) is 4.79 Å². The molecule has 110 valence electrons. The van der Waals surface area contributed by atoms with Crippen molar-refractivity contribution in [2.24, 2.45) is 0 Å². The number of nitrogens with one attached hydrogen (secondary N) is 1. The van der Waals surface area contributed by atoms with Crippen LogP contribution in [0.5, 0.6) is 5.75 Å². The molecule has 7 heteroatoms. The number of anilines is 1. The van der Waals surface area contributed by atoms with Crippen molar-refractivity contribution in [3.63, 3.8) is 0 Å². The van der Waals surface area contributed by atoms with E-state index < -0.39 is 12.0 Å². The van der Waals surface area contributed by atoms with E-state index in [0.717, 1.165) is 5.56 Å². The summed E-state index contributed by atoms with van der Waals surface area (Å²) in [6, 6.07) is 2.90. The lowest BCUT2D eigenvalue weighted by Gasteiger charge is -2.18. The molecule has 0 aromatic heterocycles. The number of carbonyl (C=O) groups is 2. The van der Waals surface area contributed by atoms with Gasteiger partial charge in [0.2, 0.25) is 0 Å². The van der Waals surface area contributed by atoms with Crippen molar-refractivity contribution in [3.05, 3.63) is 22.7 Å². The lowest BCUT2D eigenvalue weighted by molar-refractivity contribution is -0.137. The Morgan fingerprint density at radius 3 is 2.65 bits per heavy atom. The van der Waals surface area contributed by atoms with Gasteiger partial charge in [-0.1, -0.05) is 11.6 Å². The van der Waals surface area contributed by atoms with Crippen molar-refractivity contribution >= 4 is 29.3 Å². The van der Waals surface area contributed by atoms with Crippen molar-refractivity contribution in [2.45, 2.75) is 13.3 Å². The highest BCUT2D eigenvalue weighted by Gasteiger charge is 2.14. The lowest BCUT2D eigenvalue weighted by atomic mass is 10.2. The van der Waals surface area contributed by atoms with Gasteiger partial charge in [0.05, 0.1) is 19.2 Å². The summed E-state index contributed by atoms with van der Waals surface area (Å²) >= 11 is 5.98. The lowest BCUT2D eigenvalue weighted by Crippen LogP contribution is -2.33. The Hall–Kier alpha value is -1.95. The van der Waals surface area contributed by atoms with Gasteiger partial charge in [-0.25, -0.2) is 4.79 Å². The monoisotopic (exact) mass is 300 g/mol. The predicted molar refractivity (Wildman–Crippen MR) is 76.6 cm³/mol. The van der Waals surface area contributed by atoms with Gasteiger partial charge in [0.1, 0.15) is 5.75 Å². The second kappa shape index (κ2) is 7.00. The van der Waals surface area contributed by atoms with Gasteiger partial charge in [0.15, 0.2) is 0 Å². The SMILES string of the molecule is COc1cc(Cl)c(C)cc1NC(=O)N(C)CCC(=O)O. The van der Waals surface area contributed by atoms with Crippen LogP contribution in [0.2, 0.25) is 5.02 Å². The number of hydrogen-bond donors (Lipinski definition) is 2. The summed E-state index contributed by atoms with van der Waals surface area (Å²) in [5.74, 6) is -0.509. The standard InChI is InChI=1S/C13H17ClN2O4/c1-8-6-10(11(20-3)7-9(8)14)15-13(19)16(2)5-4-12(17)18/h6-7H,4-5H2,1-3H3,(H,15,19)(H,17,18). The number of carbonyl (C=O) groups excluding carboxylic acids is 1. The van der Waals surface area contributed by atoms with Crippen LogP contribution in [0, 0.1) is 6.92 Å². The second-order valence-corrected chi connectivity index (χ2v) is 4.70. The van der Waals surface area contributed by atoms with Crippen molar-refractivity contribution in [1.82, 2.24) is 4.90 Å².